The van der Waals surface area contributed by atoms with Gasteiger partial charge in [-0.25, -0.2) is 0 Å². The Hall–Kier alpha value is -0.570. The summed E-state index contributed by atoms with van der Waals surface area (Å²) in [5, 5.41) is 8.80. The first-order chi connectivity index (χ1) is 7.17. The van der Waals surface area contributed by atoms with Gasteiger partial charge in [-0.2, -0.15) is 0 Å². The van der Waals surface area contributed by atoms with Gasteiger partial charge in [-0.1, -0.05) is 20.3 Å². The van der Waals surface area contributed by atoms with Gasteiger partial charge in [0, 0.05) is 6.04 Å². The van der Waals surface area contributed by atoms with Crippen molar-refractivity contribution < 1.29 is 9.90 Å². The lowest BCUT2D eigenvalue weighted by Gasteiger charge is -2.35. The lowest BCUT2D eigenvalue weighted by atomic mass is 9.84. The number of carbonyl (C=O) groups is 1. The molecule has 0 saturated heterocycles. The van der Waals surface area contributed by atoms with E-state index < -0.39 is 5.97 Å². The second kappa shape index (κ2) is 6.11. The smallest absolute Gasteiger partial charge is 0.317 e. The van der Waals surface area contributed by atoms with Crippen molar-refractivity contribution in [2.45, 2.75) is 52.0 Å². The predicted molar refractivity (Wildman–Crippen MR) is 60.9 cm³/mol. The molecule has 0 bridgehead atoms. The maximum atomic E-state index is 10.7. The molecule has 1 saturated carbocycles. The third kappa shape index (κ3) is 3.82. The monoisotopic (exact) mass is 213 g/mol. The van der Waals surface area contributed by atoms with E-state index in [2.05, 4.69) is 18.7 Å². The van der Waals surface area contributed by atoms with Crippen molar-refractivity contribution >= 4 is 5.97 Å². The summed E-state index contributed by atoms with van der Waals surface area (Å²) in [6.07, 6.45) is 6.19. The number of nitrogens with zero attached hydrogens (tertiary/aromatic N) is 1. The van der Waals surface area contributed by atoms with Gasteiger partial charge in [0.2, 0.25) is 0 Å². The average Bonchev–Trinajstić information content (AvgIpc) is 2.26. The lowest BCUT2D eigenvalue weighted by Crippen LogP contribution is -2.41. The highest BCUT2D eigenvalue weighted by Gasteiger charge is 2.25. The number of carboxylic acids is 1. The summed E-state index contributed by atoms with van der Waals surface area (Å²) < 4.78 is 0. The molecule has 0 heterocycles. The molecule has 88 valence electrons. The van der Waals surface area contributed by atoms with Gasteiger partial charge in [0.15, 0.2) is 0 Å². The Morgan fingerprint density at radius 1 is 1.27 bits per heavy atom. The zero-order chi connectivity index (χ0) is 11.3. The third-order valence-corrected chi connectivity index (χ3v) is 3.65. The van der Waals surface area contributed by atoms with Crippen LogP contribution in [0.25, 0.3) is 0 Å². The zero-order valence-corrected chi connectivity index (χ0v) is 9.91. The summed E-state index contributed by atoms with van der Waals surface area (Å²) in [5.41, 5.74) is 0. The van der Waals surface area contributed by atoms with Crippen molar-refractivity contribution in [3.8, 4) is 0 Å². The molecule has 0 spiro atoms. The number of hydrogen-bond donors (Lipinski definition) is 1. The van der Waals surface area contributed by atoms with Crippen LogP contribution in [-0.2, 0) is 4.79 Å². The molecular formula is C12H23NO2. The number of rotatable bonds is 5. The molecule has 3 nitrogen and oxygen atoms in total. The van der Waals surface area contributed by atoms with E-state index in [9.17, 15) is 4.79 Å². The molecule has 0 amide bonds. The number of likely N-dealkylation sites (N-methyl/N-ethyl adjacent to an activating group) is 1. The highest BCUT2D eigenvalue weighted by Crippen LogP contribution is 2.29. The fourth-order valence-electron chi connectivity index (χ4n) is 2.59. The van der Waals surface area contributed by atoms with E-state index in [1.165, 1.54) is 32.1 Å². The van der Waals surface area contributed by atoms with Crippen LogP contribution in [0.15, 0.2) is 0 Å². The number of hydrogen-bond acceptors (Lipinski definition) is 2. The molecular weight excluding hydrogens is 190 g/mol. The Kier molecular flexibility index (Phi) is 5.09. The molecule has 1 rings (SSSR count). The first kappa shape index (κ1) is 12.5. The summed E-state index contributed by atoms with van der Waals surface area (Å²) in [6, 6.07) is 0.508. The molecule has 1 N–H and O–H groups in total. The Balaban J connectivity index is 2.39. The van der Waals surface area contributed by atoms with Crippen molar-refractivity contribution in [2.24, 2.45) is 5.92 Å². The van der Waals surface area contributed by atoms with Crippen molar-refractivity contribution in [3.63, 3.8) is 0 Å². The Morgan fingerprint density at radius 2 is 1.87 bits per heavy atom. The summed E-state index contributed by atoms with van der Waals surface area (Å²) in [4.78, 5) is 12.8. The molecule has 0 aromatic carbocycles. The van der Waals surface area contributed by atoms with Crippen molar-refractivity contribution in [1.29, 1.82) is 0 Å². The molecule has 3 heteroatoms. The number of aliphatic carboxylic acids is 1. The van der Waals surface area contributed by atoms with Gasteiger partial charge in [0.05, 0.1) is 6.54 Å². The summed E-state index contributed by atoms with van der Waals surface area (Å²) in [7, 11) is 0. The fourth-order valence-corrected chi connectivity index (χ4v) is 2.59. The third-order valence-electron chi connectivity index (χ3n) is 3.65. The fraction of sp³-hybridized carbons (Fsp3) is 0.917. The van der Waals surface area contributed by atoms with E-state index in [1.54, 1.807) is 0 Å². The SMILES string of the molecule is CCC1CCC(N(CC)CC(=O)O)CC1. The van der Waals surface area contributed by atoms with Gasteiger partial charge in [0.25, 0.3) is 0 Å². The van der Waals surface area contributed by atoms with Crippen LogP contribution >= 0.6 is 0 Å². The molecule has 0 aromatic heterocycles. The normalized spacial score (nSPS) is 26.9. The van der Waals surface area contributed by atoms with Gasteiger partial charge in [-0.15, -0.1) is 0 Å². The van der Waals surface area contributed by atoms with Crippen LogP contribution in [0.1, 0.15) is 46.0 Å². The molecule has 0 radical (unpaired) electrons. The standard InChI is InChI=1S/C12H23NO2/c1-3-10-5-7-11(8-6-10)13(4-2)9-12(14)15/h10-11H,3-9H2,1-2H3,(H,14,15). The molecule has 0 aliphatic heterocycles. The zero-order valence-electron chi connectivity index (χ0n) is 9.91. The average molecular weight is 213 g/mol. The van der Waals surface area contributed by atoms with Gasteiger partial charge >= 0.3 is 5.97 Å². The minimum Gasteiger partial charge on any atom is -0.480 e. The molecule has 1 fully saturated rings. The predicted octanol–water partition coefficient (Wildman–Crippen LogP) is 2.36. The quantitative estimate of drug-likeness (QED) is 0.762. The van der Waals surface area contributed by atoms with Gasteiger partial charge in [-0.05, 0) is 38.1 Å². The van der Waals surface area contributed by atoms with E-state index in [1.807, 2.05) is 0 Å². The van der Waals surface area contributed by atoms with Crippen LogP contribution < -0.4 is 0 Å². The van der Waals surface area contributed by atoms with Gasteiger partial charge in [-0.3, -0.25) is 9.69 Å². The summed E-state index contributed by atoms with van der Waals surface area (Å²) >= 11 is 0. The van der Waals surface area contributed by atoms with E-state index in [-0.39, 0.29) is 6.54 Å². The molecule has 0 unspecified atom stereocenters. The Morgan fingerprint density at radius 3 is 2.27 bits per heavy atom. The second-order valence-electron chi connectivity index (χ2n) is 4.54. The van der Waals surface area contributed by atoms with Crippen LogP contribution in [0.3, 0.4) is 0 Å². The molecule has 0 aromatic rings. The summed E-state index contributed by atoms with van der Waals surface area (Å²) in [6.45, 7) is 5.36. The van der Waals surface area contributed by atoms with Crippen LogP contribution in [0.2, 0.25) is 0 Å². The maximum absolute atomic E-state index is 10.7. The second-order valence-corrected chi connectivity index (χ2v) is 4.54. The largest absolute Gasteiger partial charge is 0.480 e. The first-order valence-electron chi connectivity index (χ1n) is 6.13. The molecule has 1 aliphatic carbocycles. The summed E-state index contributed by atoms with van der Waals surface area (Å²) in [5.74, 6) is 0.180. The Labute approximate surface area is 92.5 Å². The first-order valence-corrected chi connectivity index (χ1v) is 6.13. The van der Waals surface area contributed by atoms with Crippen LogP contribution in [0.5, 0.6) is 0 Å². The maximum Gasteiger partial charge on any atom is 0.317 e. The molecule has 1 aliphatic rings. The van der Waals surface area contributed by atoms with Gasteiger partial charge < -0.3 is 5.11 Å². The van der Waals surface area contributed by atoms with Crippen molar-refractivity contribution in [1.82, 2.24) is 4.90 Å². The van der Waals surface area contributed by atoms with E-state index >= 15 is 0 Å². The van der Waals surface area contributed by atoms with Crippen LogP contribution in [-0.4, -0.2) is 35.1 Å². The van der Waals surface area contributed by atoms with Crippen molar-refractivity contribution in [2.75, 3.05) is 13.1 Å². The van der Waals surface area contributed by atoms with Crippen molar-refractivity contribution in [3.05, 3.63) is 0 Å². The minimum absolute atomic E-state index is 0.206. The van der Waals surface area contributed by atoms with E-state index in [0.717, 1.165) is 12.5 Å². The van der Waals surface area contributed by atoms with E-state index in [0.29, 0.717) is 6.04 Å². The lowest BCUT2D eigenvalue weighted by molar-refractivity contribution is -0.139. The molecule has 0 atom stereocenters. The van der Waals surface area contributed by atoms with E-state index in [4.69, 9.17) is 5.11 Å². The number of carboxylic acid groups (broad SMARTS) is 1. The Bertz CT molecular complexity index is 198. The van der Waals surface area contributed by atoms with Gasteiger partial charge in [0.1, 0.15) is 0 Å². The van der Waals surface area contributed by atoms with Crippen LogP contribution in [0.4, 0.5) is 0 Å². The highest BCUT2D eigenvalue weighted by atomic mass is 16.4. The topological polar surface area (TPSA) is 40.5 Å². The molecule has 15 heavy (non-hydrogen) atoms. The minimum atomic E-state index is -0.700. The highest BCUT2D eigenvalue weighted by molar-refractivity contribution is 5.69. The van der Waals surface area contributed by atoms with Crippen LogP contribution in [0, 0.1) is 5.92 Å².